The maximum absolute atomic E-state index is 10.9. The summed E-state index contributed by atoms with van der Waals surface area (Å²) in [5.41, 5.74) is 2.96. The van der Waals surface area contributed by atoms with E-state index in [-0.39, 0.29) is 17.3 Å². The molecule has 2 rings (SSSR count). The van der Waals surface area contributed by atoms with Gasteiger partial charge in [0.2, 0.25) is 5.95 Å². The molecule has 0 unspecified atom stereocenters. The highest BCUT2D eigenvalue weighted by Crippen LogP contribution is 2.07. The Bertz CT molecular complexity index is 576. The minimum absolute atomic E-state index is 0.160. The Balaban J connectivity index is 2.02. The van der Waals surface area contributed by atoms with E-state index in [1.54, 1.807) is 24.3 Å². The van der Waals surface area contributed by atoms with Gasteiger partial charge in [-0.15, -0.1) is 10.2 Å². The third-order valence-corrected chi connectivity index (χ3v) is 1.85. The maximum Gasteiger partial charge on any atom is 0.271 e. The molecular formula is C10H9N5O2. The zero-order valence-corrected chi connectivity index (χ0v) is 8.66. The van der Waals surface area contributed by atoms with E-state index < -0.39 is 0 Å². The van der Waals surface area contributed by atoms with Crippen LogP contribution in [0.1, 0.15) is 5.56 Å². The Morgan fingerprint density at radius 2 is 2.12 bits per heavy atom. The Morgan fingerprint density at radius 3 is 2.82 bits per heavy atom. The lowest BCUT2D eigenvalue weighted by Crippen LogP contribution is -2.10. The van der Waals surface area contributed by atoms with Gasteiger partial charge in [-0.2, -0.15) is 5.10 Å². The second kappa shape index (κ2) is 4.88. The molecule has 0 aliphatic carbocycles. The molecule has 86 valence electrons. The van der Waals surface area contributed by atoms with Gasteiger partial charge in [0.05, 0.1) is 6.21 Å². The molecule has 0 saturated carbocycles. The van der Waals surface area contributed by atoms with Gasteiger partial charge in [-0.25, -0.2) is 5.43 Å². The summed E-state index contributed by atoms with van der Waals surface area (Å²) in [6.07, 6.45) is 2.58. The molecule has 17 heavy (non-hydrogen) atoms. The second-order valence-corrected chi connectivity index (χ2v) is 3.14. The standard InChI is InChI=1S/C10H9N5O2/c16-8-3-1-7(2-4-8)5-11-14-10-13-9(17)6-12-15-10/h1-6,16H,(H2,13,14,15,17). The molecule has 0 atom stereocenters. The van der Waals surface area contributed by atoms with Crippen LogP contribution in [0, 0.1) is 0 Å². The first-order chi connectivity index (χ1) is 8.24. The minimum atomic E-state index is -0.359. The third kappa shape index (κ3) is 3.13. The van der Waals surface area contributed by atoms with Crippen molar-refractivity contribution >= 4 is 12.2 Å². The molecule has 2 aromatic rings. The highest BCUT2D eigenvalue weighted by atomic mass is 16.3. The van der Waals surface area contributed by atoms with Crippen LogP contribution in [-0.4, -0.2) is 26.5 Å². The van der Waals surface area contributed by atoms with E-state index in [0.29, 0.717) is 0 Å². The molecule has 0 radical (unpaired) electrons. The van der Waals surface area contributed by atoms with E-state index in [1.807, 2.05) is 0 Å². The summed E-state index contributed by atoms with van der Waals surface area (Å²) in [7, 11) is 0. The first-order valence-corrected chi connectivity index (χ1v) is 4.74. The Kier molecular flexibility index (Phi) is 3.10. The summed E-state index contributed by atoms with van der Waals surface area (Å²) in [5, 5.41) is 20.0. The van der Waals surface area contributed by atoms with Crippen LogP contribution < -0.4 is 11.0 Å². The normalized spacial score (nSPS) is 10.6. The lowest BCUT2D eigenvalue weighted by molar-refractivity contribution is 0.475. The fraction of sp³-hybridized carbons (Fsp3) is 0. The van der Waals surface area contributed by atoms with Gasteiger partial charge in [0.1, 0.15) is 11.9 Å². The number of nitrogens with one attached hydrogen (secondary N) is 2. The second-order valence-electron chi connectivity index (χ2n) is 3.14. The van der Waals surface area contributed by atoms with Crippen molar-refractivity contribution in [1.29, 1.82) is 0 Å². The van der Waals surface area contributed by atoms with Gasteiger partial charge in [-0.3, -0.25) is 9.78 Å². The average Bonchev–Trinajstić information content (AvgIpc) is 2.32. The number of aromatic amines is 1. The van der Waals surface area contributed by atoms with E-state index in [1.165, 1.54) is 6.21 Å². The summed E-state index contributed by atoms with van der Waals surface area (Å²) < 4.78 is 0. The van der Waals surface area contributed by atoms with E-state index in [0.717, 1.165) is 11.8 Å². The Labute approximate surface area is 95.9 Å². The van der Waals surface area contributed by atoms with Crippen molar-refractivity contribution in [3.63, 3.8) is 0 Å². The van der Waals surface area contributed by atoms with E-state index in [4.69, 9.17) is 5.11 Å². The largest absolute Gasteiger partial charge is 0.508 e. The van der Waals surface area contributed by atoms with Crippen molar-refractivity contribution in [2.45, 2.75) is 0 Å². The monoisotopic (exact) mass is 231 g/mol. The fourth-order valence-electron chi connectivity index (χ4n) is 1.09. The molecule has 1 heterocycles. The number of anilines is 1. The number of aromatic hydroxyl groups is 1. The molecule has 3 N–H and O–H groups in total. The smallest absolute Gasteiger partial charge is 0.271 e. The van der Waals surface area contributed by atoms with E-state index in [9.17, 15) is 4.79 Å². The third-order valence-electron chi connectivity index (χ3n) is 1.85. The van der Waals surface area contributed by atoms with Gasteiger partial charge in [-0.05, 0) is 29.8 Å². The maximum atomic E-state index is 10.9. The molecule has 7 nitrogen and oxygen atoms in total. The summed E-state index contributed by atoms with van der Waals surface area (Å²) in [6, 6.07) is 6.48. The predicted molar refractivity (Wildman–Crippen MR) is 62.0 cm³/mol. The number of rotatable bonds is 3. The van der Waals surface area contributed by atoms with Crippen LogP contribution in [-0.2, 0) is 0 Å². The van der Waals surface area contributed by atoms with Crippen LogP contribution in [0.5, 0.6) is 5.75 Å². The van der Waals surface area contributed by atoms with Gasteiger partial charge in [0.25, 0.3) is 5.56 Å². The zero-order valence-electron chi connectivity index (χ0n) is 8.66. The molecule has 1 aromatic heterocycles. The van der Waals surface area contributed by atoms with Crippen LogP contribution >= 0.6 is 0 Å². The molecule has 0 aliphatic rings. The molecule has 1 aromatic carbocycles. The number of hydrogen-bond donors (Lipinski definition) is 3. The summed E-state index contributed by atoms with van der Waals surface area (Å²) in [6.45, 7) is 0. The van der Waals surface area contributed by atoms with Crippen molar-refractivity contribution in [2.75, 3.05) is 5.43 Å². The SMILES string of the molecule is O=c1cnnc(NN=Cc2ccc(O)cc2)[nH]1. The number of hydrogen-bond acceptors (Lipinski definition) is 6. The van der Waals surface area contributed by atoms with Crippen LogP contribution in [0.25, 0.3) is 0 Å². The molecular weight excluding hydrogens is 222 g/mol. The molecule has 0 saturated heterocycles. The van der Waals surface area contributed by atoms with Gasteiger partial charge < -0.3 is 5.11 Å². The number of nitrogens with zero attached hydrogens (tertiary/aromatic N) is 3. The number of phenols is 1. The topological polar surface area (TPSA) is 103 Å². The first kappa shape index (κ1) is 10.8. The van der Waals surface area contributed by atoms with Gasteiger partial charge >= 0.3 is 0 Å². The predicted octanol–water partition coefficient (Wildman–Crippen LogP) is 0.316. The average molecular weight is 231 g/mol. The highest BCUT2D eigenvalue weighted by Gasteiger charge is 1.92. The van der Waals surface area contributed by atoms with Crippen LogP contribution in [0.3, 0.4) is 0 Å². The van der Waals surface area contributed by atoms with Crippen molar-refractivity contribution in [1.82, 2.24) is 15.2 Å². The highest BCUT2D eigenvalue weighted by molar-refractivity contribution is 5.80. The molecule has 0 aliphatic heterocycles. The summed E-state index contributed by atoms with van der Waals surface area (Å²) in [5.74, 6) is 0.348. The van der Waals surface area contributed by atoms with Crippen molar-refractivity contribution in [3.05, 3.63) is 46.4 Å². The van der Waals surface area contributed by atoms with Gasteiger partial charge in [0.15, 0.2) is 0 Å². The van der Waals surface area contributed by atoms with Crippen LogP contribution in [0.2, 0.25) is 0 Å². The number of benzene rings is 1. The Hall–Kier alpha value is -2.70. The summed E-state index contributed by atoms with van der Waals surface area (Å²) >= 11 is 0. The molecule has 0 bridgehead atoms. The van der Waals surface area contributed by atoms with Crippen molar-refractivity contribution in [3.8, 4) is 5.75 Å². The molecule has 7 heteroatoms. The molecule has 0 amide bonds. The Morgan fingerprint density at radius 1 is 1.35 bits per heavy atom. The number of H-pyrrole nitrogens is 1. The lowest BCUT2D eigenvalue weighted by atomic mass is 10.2. The van der Waals surface area contributed by atoms with Gasteiger partial charge in [0, 0.05) is 0 Å². The number of aromatic nitrogens is 3. The first-order valence-electron chi connectivity index (χ1n) is 4.74. The van der Waals surface area contributed by atoms with Crippen molar-refractivity contribution < 1.29 is 5.11 Å². The summed E-state index contributed by atoms with van der Waals surface area (Å²) in [4.78, 5) is 13.3. The van der Waals surface area contributed by atoms with Crippen molar-refractivity contribution in [2.24, 2.45) is 5.10 Å². The van der Waals surface area contributed by atoms with Crippen LogP contribution in [0.4, 0.5) is 5.95 Å². The quantitative estimate of drug-likeness (QED) is 0.521. The van der Waals surface area contributed by atoms with E-state index >= 15 is 0 Å². The number of hydrazone groups is 1. The molecule has 0 fully saturated rings. The minimum Gasteiger partial charge on any atom is -0.508 e. The lowest BCUT2D eigenvalue weighted by Gasteiger charge is -1.96. The number of phenolic OH excluding ortho intramolecular Hbond substituents is 1. The zero-order chi connectivity index (χ0) is 12.1. The molecule has 0 spiro atoms. The fourth-order valence-corrected chi connectivity index (χ4v) is 1.09. The van der Waals surface area contributed by atoms with Crippen LogP contribution in [0.15, 0.2) is 40.4 Å². The van der Waals surface area contributed by atoms with E-state index in [2.05, 4.69) is 25.7 Å². The van der Waals surface area contributed by atoms with Gasteiger partial charge in [-0.1, -0.05) is 0 Å².